The van der Waals surface area contributed by atoms with Crippen LogP contribution in [0, 0.1) is 23.2 Å². The summed E-state index contributed by atoms with van der Waals surface area (Å²) in [7, 11) is 0. The van der Waals surface area contributed by atoms with Crippen LogP contribution in [0.2, 0.25) is 0 Å². The standard InChI is InChI=1S/C15H24ClNO/c16-9-15(5-1-2-6-15)10-17-14(18)13-8-11-3-4-12(13)7-11/h11-13H,1-10H2,(H,17,18). The van der Waals surface area contributed by atoms with Crippen molar-refractivity contribution < 1.29 is 4.79 Å². The number of amides is 1. The third-order valence-electron chi connectivity index (χ3n) is 5.66. The van der Waals surface area contributed by atoms with E-state index in [0.29, 0.717) is 23.6 Å². The van der Waals surface area contributed by atoms with Crippen LogP contribution in [0.3, 0.4) is 0 Å². The second-order valence-corrected chi connectivity index (χ2v) is 7.11. The first-order valence-electron chi connectivity index (χ1n) is 7.56. The number of fused-ring (bicyclic) bond motifs is 2. The Morgan fingerprint density at radius 2 is 2.00 bits per heavy atom. The smallest absolute Gasteiger partial charge is 0.223 e. The minimum absolute atomic E-state index is 0.203. The molecule has 3 saturated carbocycles. The van der Waals surface area contributed by atoms with E-state index in [4.69, 9.17) is 11.6 Å². The highest BCUT2D eigenvalue weighted by molar-refractivity contribution is 6.18. The second kappa shape index (κ2) is 5.03. The number of rotatable bonds is 4. The van der Waals surface area contributed by atoms with Crippen molar-refractivity contribution in [1.82, 2.24) is 5.32 Å². The third-order valence-corrected chi connectivity index (χ3v) is 6.23. The molecule has 0 radical (unpaired) electrons. The zero-order valence-corrected chi connectivity index (χ0v) is 11.8. The lowest BCUT2D eigenvalue weighted by molar-refractivity contribution is -0.127. The number of hydrogen-bond donors (Lipinski definition) is 1. The third kappa shape index (κ3) is 2.29. The first-order chi connectivity index (χ1) is 8.72. The van der Waals surface area contributed by atoms with Crippen molar-refractivity contribution in [3.63, 3.8) is 0 Å². The summed E-state index contributed by atoms with van der Waals surface area (Å²) in [6, 6.07) is 0. The van der Waals surface area contributed by atoms with Crippen molar-refractivity contribution >= 4 is 17.5 Å². The molecule has 0 spiro atoms. The number of nitrogens with one attached hydrogen (secondary N) is 1. The molecule has 18 heavy (non-hydrogen) atoms. The van der Waals surface area contributed by atoms with Crippen LogP contribution in [0.1, 0.15) is 51.4 Å². The topological polar surface area (TPSA) is 29.1 Å². The number of halogens is 1. The molecule has 0 aliphatic heterocycles. The molecule has 1 N–H and O–H groups in total. The maximum absolute atomic E-state index is 12.3. The molecule has 0 heterocycles. The maximum Gasteiger partial charge on any atom is 0.223 e. The number of hydrogen-bond acceptors (Lipinski definition) is 1. The van der Waals surface area contributed by atoms with Crippen molar-refractivity contribution in [2.45, 2.75) is 51.4 Å². The first kappa shape index (κ1) is 12.8. The highest BCUT2D eigenvalue weighted by Gasteiger charge is 2.43. The zero-order chi connectivity index (χ0) is 12.6. The number of carbonyl (C=O) groups is 1. The summed E-state index contributed by atoms with van der Waals surface area (Å²) in [5, 5.41) is 3.22. The van der Waals surface area contributed by atoms with E-state index in [0.717, 1.165) is 18.9 Å². The Bertz CT molecular complexity index is 324. The molecule has 3 fully saturated rings. The summed E-state index contributed by atoms with van der Waals surface area (Å²) in [6.07, 6.45) is 10.0. The fraction of sp³-hybridized carbons (Fsp3) is 0.933. The fourth-order valence-corrected chi connectivity index (χ4v) is 4.82. The van der Waals surface area contributed by atoms with E-state index >= 15 is 0 Å². The summed E-state index contributed by atoms with van der Waals surface area (Å²) in [6.45, 7) is 0.809. The van der Waals surface area contributed by atoms with Gasteiger partial charge in [-0.1, -0.05) is 19.3 Å². The normalized spacial score (nSPS) is 37.1. The monoisotopic (exact) mass is 269 g/mol. The average molecular weight is 270 g/mol. The van der Waals surface area contributed by atoms with Crippen LogP contribution in [0.15, 0.2) is 0 Å². The molecule has 2 nitrogen and oxygen atoms in total. The highest BCUT2D eigenvalue weighted by atomic mass is 35.5. The van der Waals surface area contributed by atoms with Gasteiger partial charge in [-0.2, -0.15) is 0 Å². The van der Waals surface area contributed by atoms with Gasteiger partial charge in [0.1, 0.15) is 0 Å². The van der Waals surface area contributed by atoms with Gasteiger partial charge in [-0.25, -0.2) is 0 Å². The van der Waals surface area contributed by atoms with E-state index in [1.807, 2.05) is 0 Å². The molecule has 0 aromatic carbocycles. The van der Waals surface area contributed by atoms with Gasteiger partial charge in [-0.05, 0) is 43.9 Å². The molecule has 1 amide bonds. The maximum atomic E-state index is 12.3. The van der Waals surface area contributed by atoms with E-state index in [2.05, 4.69) is 5.32 Å². The molecule has 3 heteroatoms. The lowest BCUT2D eigenvalue weighted by atomic mass is 9.86. The van der Waals surface area contributed by atoms with Crippen molar-refractivity contribution in [2.24, 2.45) is 23.2 Å². The van der Waals surface area contributed by atoms with Crippen molar-refractivity contribution in [3.8, 4) is 0 Å². The van der Waals surface area contributed by atoms with E-state index in [-0.39, 0.29) is 5.41 Å². The van der Waals surface area contributed by atoms with Crippen LogP contribution in [0.25, 0.3) is 0 Å². The van der Waals surface area contributed by atoms with Crippen molar-refractivity contribution in [1.29, 1.82) is 0 Å². The molecule has 2 bridgehead atoms. The van der Waals surface area contributed by atoms with Gasteiger partial charge >= 0.3 is 0 Å². The summed E-state index contributed by atoms with van der Waals surface area (Å²) >= 11 is 6.12. The Kier molecular flexibility index (Phi) is 3.57. The minimum atomic E-state index is 0.203. The lowest BCUT2D eigenvalue weighted by Crippen LogP contribution is -2.41. The summed E-state index contributed by atoms with van der Waals surface area (Å²) in [5.74, 6) is 2.87. The number of alkyl halides is 1. The predicted octanol–water partition coefficient (Wildman–Crippen LogP) is 3.34. The first-order valence-corrected chi connectivity index (χ1v) is 8.10. The summed E-state index contributed by atoms with van der Waals surface area (Å²) in [4.78, 5) is 12.3. The average Bonchev–Trinajstić information content (AvgIpc) is 3.12. The molecule has 3 aliphatic carbocycles. The molecular formula is C15H24ClNO. The van der Waals surface area contributed by atoms with Gasteiger partial charge in [0.05, 0.1) is 0 Å². The molecule has 0 saturated heterocycles. The van der Waals surface area contributed by atoms with Gasteiger partial charge in [0.2, 0.25) is 5.91 Å². The molecule has 0 aromatic heterocycles. The Morgan fingerprint density at radius 1 is 1.22 bits per heavy atom. The number of carbonyl (C=O) groups excluding carboxylic acids is 1. The van der Waals surface area contributed by atoms with Crippen molar-refractivity contribution in [2.75, 3.05) is 12.4 Å². The van der Waals surface area contributed by atoms with E-state index in [1.165, 1.54) is 44.9 Å². The summed E-state index contributed by atoms with van der Waals surface area (Å²) in [5.41, 5.74) is 0.203. The molecule has 3 atom stereocenters. The Morgan fingerprint density at radius 3 is 2.56 bits per heavy atom. The second-order valence-electron chi connectivity index (χ2n) is 6.84. The molecule has 3 unspecified atom stereocenters. The van der Waals surface area contributed by atoms with Crippen LogP contribution in [-0.4, -0.2) is 18.3 Å². The zero-order valence-electron chi connectivity index (χ0n) is 11.1. The van der Waals surface area contributed by atoms with Crippen LogP contribution < -0.4 is 5.32 Å². The van der Waals surface area contributed by atoms with Gasteiger partial charge in [-0.3, -0.25) is 4.79 Å². The molecule has 3 rings (SSSR count). The van der Waals surface area contributed by atoms with Crippen LogP contribution in [0.5, 0.6) is 0 Å². The largest absolute Gasteiger partial charge is 0.355 e. The van der Waals surface area contributed by atoms with Gasteiger partial charge < -0.3 is 5.32 Å². The van der Waals surface area contributed by atoms with Gasteiger partial charge in [0.15, 0.2) is 0 Å². The molecule has 0 aromatic rings. The highest BCUT2D eigenvalue weighted by Crippen LogP contribution is 2.48. The van der Waals surface area contributed by atoms with E-state index < -0.39 is 0 Å². The quantitative estimate of drug-likeness (QED) is 0.780. The predicted molar refractivity (Wildman–Crippen MR) is 73.6 cm³/mol. The van der Waals surface area contributed by atoms with Gasteiger partial charge in [-0.15, -0.1) is 11.6 Å². The summed E-state index contributed by atoms with van der Waals surface area (Å²) < 4.78 is 0. The van der Waals surface area contributed by atoms with Gasteiger partial charge in [0.25, 0.3) is 0 Å². The SMILES string of the molecule is O=C(NCC1(CCl)CCCC1)C1CC2CCC1C2. The Balaban J connectivity index is 1.52. The fourth-order valence-electron chi connectivity index (χ4n) is 4.45. The molecule has 102 valence electrons. The molecular weight excluding hydrogens is 246 g/mol. The van der Waals surface area contributed by atoms with Gasteiger partial charge in [0, 0.05) is 23.8 Å². The Hall–Kier alpha value is -0.240. The van der Waals surface area contributed by atoms with Crippen LogP contribution in [-0.2, 0) is 4.79 Å². The van der Waals surface area contributed by atoms with Crippen LogP contribution >= 0.6 is 11.6 Å². The van der Waals surface area contributed by atoms with Crippen LogP contribution in [0.4, 0.5) is 0 Å². The Labute approximate surface area is 115 Å². The molecule has 3 aliphatic rings. The van der Waals surface area contributed by atoms with E-state index in [9.17, 15) is 4.79 Å². The lowest BCUT2D eigenvalue weighted by Gasteiger charge is -2.28. The van der Waals surface area contributed by atoms with E-state index in [1.54, 1.807) is 0 Å². The van der Waals surface area contributed by atoms with Crippen molar-refractivity contribution in [3.05, 3.63) is 0 Å². The minimum Gasteiger partial charge on any atom is -0.355 e.